The number of hydrogen-bond donors (Lipinski definition) is 6. The number of nitrogens with zero attached hydrogens (tertiary/aromatic N) is 3. The molecule has 0 saturated carbocycles. The van der Waals surface area contributed by atoms with Crippen molar-refractivity contribution in [3.63, 3.8) is 0 Å². The summed E-state index contributed by atoms with van der Waals surface area (Å²) in [4.78, 5) is 58.0. The largest absolute Gasteiger partial charge is 0.380 e. The zero-order valence-electron chi connectivity index (χ0n) is 14.8. The maximum atomic E-state index is 12.0. The molecule has 0 aliphatic carbocycles. The zero-order chi connectivity index (χ0) is 21.8. The monoisotopic (exact) mass is 519 g/mol. The van der Waals surface area contributed by atoms with Crippen molar-refractivity contribution in [3.05, 3.63) is 15.1 Å². The Balaban J connectivity index is 2.16. The fraction of sp³-hybridized carbons (Fsp3) is 0.583. The lowest BCUT2D eigenvalue weighted by molar-refractivity contribution is 0.0465. The van der Waals surface area contributed by atoms with Gasteiger partial charge >= 0.3 is 15.2 Å². The minimum Gasteiger partial charge on any atom is -0.380 e. The van der Waals surface area contributed by atoms with Crippen molar-refractivity contribution in [3.8, 4) is 0 Å². The van der Waals surface area contributed by atoms with Crippen LogP contribution < -0.4 is 11.3 Å². The highest BCUT2D eigenvalue weighted by molar-refractivity contribution is 9.10. The van der Waals surface area contributed by atoms with Crippen LogP contribution in [-0.2, 0) is 25.1 Å². The standard InChI is InChI=1S/C12H20BrN5O9P2/c13-11-15-8-9(16-12(14)17-10(8)19)18(11)3-7(5-27-6-29(23,24)25)4-26-1-2-28(20,21)22/h7H,1-6H2,(H2,20,21,22)(H2,23,24,25)(H3,14,16,17,19). The van der Waals surface area contributed by atoms with Crippen molar-refractivity contribution in [2.75, 3.05) is 38.1 Å². The van der Waals surface area contributed by atoms with E-state index in [1.807, 2.05) is 0 Å². The molecule has 17 heteroatoms. The van der Waals surface area contributed by atoms with E-state index in [0.29, 0.717) is 0 Å². The number of nitrogen functional groups attached to an aromatic ring is 1. The van der Waals surface area contributed by atoms with Gasteiger partial charge in [-0.15, -0.1) is 0 Å². The Morgan fingerprint density at radius 3 is 2.41 bits per heavy atom. The van der Waals surface area contributed by atoms with Gasteiger partial charge in [0.1, 0.15) is 6.35 Å². The van der Waals surface area contributed by atoms with Gasteiger partial charge in [-0.05, 0) is 15.9 Å². The molecule has 0 aromatic carbocycles. The Morgan fingerprint density at radius 1 is 1.14 bits per heavy atom. The minimum atomic E-state index is -4.38. The number of nitrogens with one attached hydrogen (secondary N) is 1. The molecular formula is C12H20BrN5O9P2. The molecule has 0 fully saturated rings. The molecule has 1 unspecified atom stereocenters. The van der Waals surface area contributed by atoms with Gasteiger partial charge in [0.15, 0.2) is 15.9 Å². The van der Waals surface area contributed by atoms with E-state index in [1.54, 1.807) is 0 Å². The molecule has 29 heavy (non-hydrogen) atoms. The highest BCUT2D eigenvalue weighted by Gasteiger charge is 2.21. The van der Waals surface area contributed by atoms with Crippen LogP contribution >= 0.6 is 31.1 Å². The van der Waals surface area contributed by atoms with E-state index in [-0.39, 0.29) is 48.2 Å². The van der Waals surface area contributed by atoms with Crippen molar-refractivity contribution >= 4 is 48.2 Å². The fourth-order valence-corrected chi connectivity index (χ4v) is 3.55. The summed E-state index contributed by atoms with van der Waals surface area (Å²) in [6.45, 7) is -0.322. The zero-order valence-corrected chi connectivity index (χ0v) is 18.2. The summed E-state index contributed by atoms with van der Waals surface area (Å²) < 4.78 is 33.9. The topological polar surface area (TPSA) is 223 Å². The van der Waals surface area contributed by atoms with Crippen molar-refractivity contribution in [1.29, 1.82) is 0 Å². The first-order valence-corrected chi connectivity index (χ1v) is 12.4. The predicted octanol–water partition coefficient (Wildman–Crippen LogP) is -0.573. The van der Waals surface area contributed by atoms with Crippen LogP contribution in [-0.4, -0.2) is 71.4 Å². The highest BCUT2D eigenvalue weighted by atomic mass is 79.9. The van der Waals surface area contributed by atoms with Crippen LogP contribution in [0, 0.1) is 5.92 Å². The van der Waals surface area contributed by atoms with Crippen molar-refractivity contribution < 1.29 is 38.2 Å². The first kappa shape index (κ1) is 24.1. The molecule has 164 valence electrons. The summed E-state index contributed by atoms with van der Waals surface area (Å²) in [6.07, 6.45) is -1.28. The van der Waals surface area contributed by atoms with Gasteiger partial charge in [0.25, 0.3) is 5.56 Å². The number of H-pyrrole nitrogens is 1. The molecule has 14 nitrogen and oxygen atoms in total. The molecule has 2 rings (SSSR count). The Morgan fingerprint density at radius 2 is 1.79 bits per heavy atom. The average molecular weight is 520 g/mol. The summed E-state index contributed by atoms with van der Waals surface area (Å²) in [7, 11) is -8.60. The fourth-order valence-electron chi connectivity index (χ4n) is 2.35. The molecule has 0 spiro atoms. The molecule has 2 heterocycles. The van der Waals surface area contributed by atoms with Crippen LogP contribution in [0.2, 0.25) is 0 Å². The van der Waals surface area contributed by atoms with Crippen LogP contribution in [0.1, 0.15) is 0 Å². The average Bonchev–Trinajstić information content (AvgIpc) is 2.86. The van der Waals surface area contributed by atoms with Crippen LogP contribution in [0.4, 0.5) is 5.95 Å². The minimum absolute atomic E-state index is 0.0309. The number of halogens is 1. The second-order valence-electron chi connectivity index (χ2n) is 6.11. The summed E-state index contributed by atoms with van der Waals surface area (Å²) in [5.74, 6) is -0.641. The van der Waals surface area contributed by atoms with Gasteiger partial charge in [-0.25, -0.2) is 4.98 Å². The summed E-state index contributed by atoms with van der Waals surface area (Å²) in [5, 5.41) is 0. The number of aromatic amines is 1. The second kappa shape index (κ2) is 9.77. The Labute approximate surface area is 171 Å². The van der Waals surface area contributed by atoms with Crippen molar-refractivity contribution in [2.45, 2.75) is 6.54 Å². The molecule has 7 N–H and O–H groups in total. The van der Waals surface area contributed by atoms with Crippen LogP contribution in [0.3, 0.4) is 0 Å². The van der Waals surface area contributed by atoms with Gasteiger partial charge in [-0.1, -0.05) is 0 Å². The SMILES string of the molecule is Nc1nc2c(nc(Br)n2CC(COCCP(=O)(O)O)COCP(=O)(O)O)c(=O)[nH]1. The van der Waals surface area contributed by atoms with E-state index >= 15 is 0 Å². The molecule has 0 bridgehead atoms. The molecular weight excluding hydrogens is 500 g/mol. The van der Waals surface area contributed by atoms with Crippen LogP contribution in [0.15, 0.2) is 9.53 Å². The molecule has 0 saturated heterocycles. The van der Waals surface area contributed by atoms with E-state index in [4.69, 9.17) is 34.8 Å². The summed E-state index contributed by atoms with van der Waals surface area (Å²) >= 11 is 3.21. The van der Waals surface area contributed by atoms with Crippen LogP contribution in [0.25, 0.3) is 11.2 Å². The third-order valence-corrected chi connectivity index (χ3v) is 5.40. The Hall–Kier alpha value is -1.15. The Bertz CT molecular complexity index is 1000. The van der Waals surface area contributed by atoms with Crippen molar-refractivity contribution in [1.82, 2.24) is 19.5 Å². The molecule has 0 radical (unpaired) electrons. The van der Waals surface area contributed by atoms with Crippen molar-refractivity contribution in [2.24, 2.45) is 5.92 Å². The number of nitrogens with two attached hydrogens (primary N) is 1. The summed E-state index contributed by atoms with van der Waals surface area (Å²) in [6, 6.07) is 0. The number of fused-ring (bicyclic) bond motifs is 1. The maximum absolute atomic E-state index is 12.0. The quantitative estimate of drug-likeness (QED) is 0.125. The maximum Gasteiger partial charge on any atom is 0.350 e. The molecule has 0 aliphatic rings. The summed E-state index contributed by atoms with van der Waals surface area (Å²) in [5.41, 5.74) is 5.23. The first-order chi connectivity index (χ1) is 13.4. The first-order valence-electron chi connectivity index (χ1n) is 8.02. The number of aromatic nitrogens is 4. The number of rotatable bonds is 11. The highest BCUT2D eigenvalue weighted by Crippen LogP contribution is 2.34. The lowest BCUT2D eigenvalue weighted by atomic mass is 10.2. The molecule has 1 atom stereocenters. The van der Waals surface area contributed by atoms with E-state index in [9.17, 15) is 13.9 Å². The number of anilines is 1. The second-order valence-corrected chi connectivity index (χ2v) is 10.2. The molecule has 2 aromatic heterocycles. The van der Waals surface area contributed by atoms with Gasteiger partial charge in [0.2, 0.25) is 5.95 Å². The molecule has 2 aromatic rings. The smallest absolute Gasteiger partial charge is 0.350 e. The lowest BCUT2D eigenvalue weighted by Crippen LogP contribution is -2.24. The van der Waals surface area contributed by atoms with Gasteiger partial charge < -0.3 is 39.3 Å². The van der Waals surface area contributed by atoms with Gasteiger partial charge in [-0.3, -0.25) is 18.9 Å². The van der Waals surface area contributed by atoms with E-state index < -0.39 is 39.2 Å². The third-order valence-electron chi connectivity index (χ3n) is 3.51. The number of ether oxygens (including phenoxy) is 2. The van der Waals surface area contributed by atoms with E-state index in [1.165, 1.54) is 4.57 Å². The van der Waals surface area contributed by atoms with Gasteiger partial charge in [0.05, 0.1) is 26.0 Å². The third kappa shape index (κ3) is 7.89. The van der Waals surface area contributed by atoms with Gasteiger partial charge in [-0.2, -0.15) is 4.98 Å². The molecule has 0 aliphatic heterocycles. The predicted molar refractivity (Wildman–Crippen MR) is 104 cm³/mol. The normalized spacial score (nSPS) is 13.8. The number of hydrogen-bond acceptors (Lipinski definition) is 8. The lowest BCUT2D eigenvalue weighted by Gasteiger charge is -2.19. The Kier molecular flexibility index (Phi) is 8.13. The van der Waals surface area contributed by atoms with E-state index in [2.05, 4.69) is 30.9 Å². The van der Waals surface area contributed by atoms with Crippen LogP contribution in [0.5, 0.6) is 0 Å². The molecule has 0 amide bonds. The number of imidazole rings is 1. The van der Waals surface area contributed by atoms with E-state index in [0.717, 1.165) is 0 Å². The van der Waals surface area contributed by atoms with Gasteiger partial charge in [0, 0.05) is 12.5 Å².